The second kappa shape index (κ2) is 17.8. The van der Waals surface area contributed by atoms with E-state index < -0.39 is 11.9 Å². The van der Waals surface area contributed by atoms with Crippen molar-refractivity contribution < 1.29 is 38.4 Å². The maximum Gasteiger partial charge on any atom is 0.305 e. The summed E-state index contributed by atoms with van der Waals surface area (Å²) < 4.78 is 19.8. The number of nitrogens with two attached hydrogens (primary N) is 1. The quantitative estimate of drug-likeness (QED) is 0.311. The van der Waals surface area contributed by atoms with Crippen molar-refractivity contribution in [2.24, 2.45) is 5.73 Å². The van der Waals surface area contributed by atoms with E-state index in [1.165, 1.54) is 31.9 Å². The number of esters is 2. The number of amides is 1. The molecular weight excluding hydrogens is 492 g/mol. The number of carbonyl (C=O) groups is 3. The predicted octanol–water partition coefficient (Wildman–Crippen LogP) is 4.05. The number of rotatable bonds is 9. The molecule has 0 radical (unpaired) electrons. The van der Waals surface area contributed by atoms with Gasteiger partial charge in [-0.3, -0.25) is 14.4 Å². The Hall–Kier alpha value is -4.60. The number of pyridine rings is 1. The SMILES string of the molecule is CCC(=O)OC(C)Cc1ccccc1.COc1ccnc(C(N)=O)c1OCOC(C)=O.Oc1ccccc1. The molecule has 0 saturated heterocycles. The molecule has 1 atom stereocenters. The van der Waals surface area contributed by atoms with Crippen LogP contribution in [0.3, 0.4) is 0 Å². The Kier molecular flexibility index (Phi) is 14.7. The Balaban J connectivity index is 0.000000308. The molecule has 1 amide bonds. The van der Waals surface area contributed by atoms with E-state index in [0.29, 0.717) is 12.2 Å². The number of methoxy groups -OCH3 is 1. The highest BCUT2D eigenvalue weighted by molar-refractivity contribution is 5.94. The fraction of sp³-hybridized carbons (Fsp3) is 0.286. The van der Waals surface area contributed by atoms with Gasteiger partial charge in [0.25, 0.3) is 5.91 Å². The molecule has 0 aliphatic rings. The first-order valence-corrected chi connectivity index (χ1v) is 11.7. The topological polar surface area (TPSA) is 147 Å². The zero-order valence-electron chi connectivity index (χ0n) is 22.0. The maximum absolute atomic E-state index is 11.1. The number of ether oxygens (including phenoxy) is 4. The number of hydrogen-bond acceptors (Lipinski definition) is 9. The highest BCUT2D eigenvalue weighted by Gasteiger charge is 2.16. The van der Waals surface area contributed by atoms with E-state index in [1.54, 1.807) is 31.2 Å². The van der Waals surface area contributed by atoms with Crippen molar-refractivity contribution in [3.63, 3.8) is 0 Å². The molecule has 0 fully saturated rings. The van der Waals surface area contributed by atoms with Crippen molar-refractivity contribution >= 4 is 17.8 Å². The highest BCUT2D eigenvalue weighted by Crippen LogP contribution is 2.29. The second-order valence-corrected chi connectivity index (χ2v) is 7.63. The fourth-order valence-electron chi connectivity index (χ4n) is 2.80. The summed E-state index contributed by atoms with van der Waals surface area (Å²) >= 11 is 0. The van der Waals surface area contributed by atoms with E-state index in [1.807, 2.05) is 43.3 Å². The van der Waals surface area contributed by atoms with Gasteiger partial charge in [0.15, 0.2) is 17.2 Å². The van der Waals surface area contributed by atoms with Gasteiger partial charge in [-0.15, -0.1) is 0 Å². The van der Waals surface area contributed by atoms with Gasteiger partial charge < -0.3 is 29.8 Å². The standard InChI is InChI=1S/C12H16O2.C10H12N2O5.C6H6O/c1-3-12(13)14-10(2)9-11-7-5-4-6-8-11;1-6(13)16-5-17-9-7(15-2)3-4-12-8(9)10(11)14;7-6-4-2-1-3-5-6/h4-8,10H,3,9H2,1-2H3;3-4H,5H2,1-2H3,(H2,11,14);1-5,7H. The Morgan fingerprint density at radius 3 is 2.08 bits per heavy atom. The summed E-state index contributed by atoms with van der Waals surface area (Å²) in [5.74, 6) is -0.754. The molecule has 2 aromatic carbocycles. The first-order chi connectivity index (χ1) is 18.2. The molecule has 3 rings (SSSR count). The number of nitrogens with zero attached hydrogens (tertiary/aromatic N) is 1. The molecule has 10 nitrogen and oxygen atoms in total. The molecule has 1 heterocycles. The second-order valence-electron chi connectivity index (χ2n) is 7.63. The Morgan fingerprint density at radius 1 is 1.00 bits per heavy atom. The summed E-state index contributed by atoms with van der Waals surface area (Å²) in [6, 6.07) is 20.2. The van der Waals surface area contributed by atoms with Gasteiger partial charge in [-0.05, 0) is 24.6 Å². The summed E-state index contributed by atoms with van der Waals surface area (Å²) in [5, 5.41) is 8.63. The van der Waals surface area contributed by atoms with Gasteiger partial charge in [-0.1, -0.05) is 55.5 Å². The third-order valence-corrected chi connectivity index (χ3v) is 4.53. The average Bonchev–Trinajstić information content (AvgIpc) is 2.90. The Morgan fingerprint density at radius 2 is 1.61 bits per heavy atom. The molecule has 0 aliphatic heterocycles. The lowest BCUT2D eigenvalue weighted by Crippen LogP contribution is -2.17. The minimum atomic E-state index is -0.762. The van der Waals surface area contributed by atoms with Gasteiger partial charge in [-0.25, -0.2) is 4.98 Å². The van der Waals surface area contributed by atoms with E-state index >= 15 is 0 Å². The fourth-order valence-corrected chi connectivity index (χ4v) is 2.80. The minimum Gasteiger partial charge on any atom is -0.508 e. The molecule has 1 aromatic heterocycles. The zero-order valence-corrected chi connectivity index (χ0v) is 22.0. The maximum atomic E-state index is 11.1. The van der Waals surface area contributed by atoms with E-state index in [-0.39, 0.29) is 36.1 Å². The number of hydrogen-bond donors (Lipinski definition) is 2. The monoisotopic (exact) mass is 526 g/mol. The van der Waals surface area contributed by atoms with Crippen LogP contribution in [0, 0.1) is 0 Å². The number of phenols is 1. The zero-order chi connectivity index (χ0) is 28.3. The van der Waals surface area contributed by atoms with E-state index in [4.69, 9.17) is 25.1 Å². The van der Waals surface area contributed by atoms with Gasteiger partial charge in [0.05, 0.1) is 7.11 Å². The van der Waals surface area contributed by atoms with Crippen LogP contribution in [0.5, 0.6) is 17.2 Å². The third kappa shape index (κ3) is 12.9. The molecule has 1 unspecified atom stereocenters. The minimum absolute atomic E-state index is 0.0372. The summed E-state index contributed by atoms with van der Waals surface area (Å²) in [6.07, 6.45) is 2.55. The van der Waals surface area contributed by atoms with E-state index in [9.17, 15) is 14.4 Å². The molecule has 0 bridgehead atoms. The number of aromatic nitrogens is 1. The number of para-hydroxylation sites is 1. The normalized spacial score (nSPS) is 10.3. The largest absolute Gasteiger partial charge is 0.508 e. The Bertz CT molecular complexity index is 1120. The lowest BCUT2D eigenvalue weighted by molar-refractivity contribution is -0.148. The predicted molar refractivity (Wildman–Crippen MR) is 141 cm³/mol. The smallest absolute Gasteiger partial charge is 0.305 e. The lowest BCUT2D eigenvalue weighted by atomic mass is 10.1. The van der Waals surface area contributed by atoms with E-state index in [2.05, 4.69) is 9.72 Å². The Labute approximate surface area is 222 Å². The van der Waals surface area contributed by atoms with Crippen LogP contribution in [-0.2, 0) is 25.5 Å². The summed E-state index contributed by atoms with van der Waals surface area (Å²) in [6.45, 7) is 4.61. The van der Waals surface area contributed by atoms with Crippen LogP contribution in [0.1, 0.15) is 43.2 Å². The van der Waals surface area contributed by atoms with Crippen molar-refractivity contribution in [1.29, 1.82) is 0 Å². The molecular formula is C28H34N2O8. The highest BCUT2D eigenvalue weighted by atomic mass is 16.7. The van der Waals surface area contributed by atoms with Crippen molar-refractivity contribution in [3.8, 4) is 17.2 Å². The van der Waals surface area contributed by atoms with Crippen molar-refractivity contribution in [3.05, 3.63) is 84.2 Å². The summed E-state index contributed by atoms with van der Waals surface area (Å²) in [5.41, 5.74) is 6.24. The van der Waals surface area contributed by atoms with E-state index in [0.717, 1.165) is 6.42 Å². The van der Waals surface area contributed by atoms with Gasteiger partial charge in [0, 0.05) is 32.0 Å². The molecule has 3 N–H and O–H groups in total. The van der Waals surface area contributed by atoms with Crippen LogP contribution in [-0.4, -0.2) is 47.9 Å². The van der Waals surface area contributed by atoms with Crippen LogP contribution in [0.25, 0.3) is 0 Å². The van der Waals surface area contributed by atoms with Gasteiger partial charge in [-0.2, -0.15) is 0 Å². The van der Waals surface area contributed by atoms with Gasteiger partial charge in [0.2, 0.25) is 6.79 Å². The van der Waals surface area contributed by atoms with Crippen LogP contribution in [0.4, 0.5) is 0 Å². The summed E-state index contributed by atoms with van der Waals surface area (Å²) in [7, 11) is 1.40. The van der Waals surface area contributed by atoms with Crippen molar-refractivity contribution in [2.75, 3.05) is 13.9 Å². The third-order valence-electron chi connectivity index (χ3n) is 4.53. The van der Waals surface area contributed by atoms with Crippen LogP contribution < -0.4 is 15.2 Å². The first kappa shape index (κ1) is 31.4. The van der Waals surface area contributed by atoms with Crippen LogP contribution in [0.2, 0.25) is 0 Å². The van der Waals surface area contributed by atoms with Gasteiger partial charge in [0.1, 0.15) is 11.9 Å². The lowest BCUT2D eigenvalue weighted by Gasteiger charge is -2.12. The van der Waals surface area contributed by atoms with Crippen LogP contribution >= 0.6 is 0 Å². The molecule has 3 aromatic rings. The molecule has 0 spiro atoms. The molecule has 204 valence electrons. The number of benzene rings is 2. The molecule has 0 saturated carbocycles. The average molecular weight is 527 g/mol. The number of phenolic OH excluding ortho intramolecular Hbond substituents is 1. The number of carbonyl (C=O) groups excluding carboxylic acids is 3. The van der Waals surface area contributed by atoms with Gasteiger partial charge >= 0.3 is 11.9 Å². The molecule has 0 aliphatic carbocycles. The molecule has 10 heteroatoms. The number of aromatic hydroxyl groups is 1. The summed E-state index contributed by atoms with van der Waals surface area (Å²) in [4.78, 5) is 36.4. The van der Waals surface area contributed by atoms with Crippen LogP contribution in [0.15, 0.2) is 72.9 Å². The first-order valence-electron chi connectivity index (χ1n) is 11.7. The van der Waals surface area contributed by atoms with Crippen molar-refractivity contribution in [1.82, 2.24) is 4.98 Å². The number of primary amides is 1. The van der Waals surface area contributed by atoms with Crippen molar-refractivity contribution in [2.45, 2.75) is 39.7 Å². The molecule has 38 heavy (non-hydrogen) atoms.